The Bertz CT molecular complexity index is 355. The summed E-state index contributed by atoms with van der Waals surface area (Å²) in [6, 6.07) is 7.30. The van der Waals surface area contributed by atoms with Gasteiger partial charge in [0.05, 0.1) is 5.60 Å². The predicted octanol–water partition coefficient (Wildman–Crippen LogP) is 2.83. The van der Waals surface area contributed by atoms with Crippen molar-refractivity contribution in [3.63, 3.8) is 0 Å². The van der Waals surface area contributed by atoms with Crippen LogP contribution in [0.1, 0.15) is 31.2 Å². The van der Waals surface area contributed by atoms with Crippen LogP contribution in [0.5, 0.6) is 0 Å². The fourth-order valence-electron chi connectivity index (χ4n) is 2.74. The molecule has 0 aromatic heterocycles. The van der Waals surface area contributed by atoms with Gasteiger partial charge in [-0.05, 0) is 50.4 Å². The molecular weight excluding hydrogens is 217 g/mol. The van der Waals surface area contributed by atoms with Crippen molar-refractivity contribution in [1.82, 2.24) is 5.32 Å². The quantitative estimate of drug-likeness (QED) is 0.872. The second-order valence-corrected chi connectivity index (χ2v) is 4.77. The van der Waals surface area contributed by atoms with E-state index in [1.165, 1.54) is 12.1 Å². The highest BCUT2D eigenvalue weighted by Gasteiger charge is 2.36. The summed E-state index contributed by atoms with van der Waals surface area (Å²) in [5.41, 5.74) is 0.872. The van der Waals surface area contributed by atoms with E-state index >= 15 is 0 Å². The van der Waals surface area contributed by atoms with Crippen LogP contribution in [0, 0.1) is 5.82 Å². The molecule has 0 saturated heterocycles. The molecule has 2 nitrogen and oxygen atoms in total. The maximum Gasteiger partial charge on any atom is 0.123 e. The number of nitrogens with one attached hydrogen (secondary N) is 1. The van der Waals surface area contributed by atoms with Crippen LogP contribution >= 0.6 is 0 Å². The van der Waals surface area contributed by atoms with Gasteiger partial charge in [-0.2, -0.15) is 0 Å². The smallest absolute Gasteiger partial charge is 0.123 e. The Kier molecular flexibility index (Phi) is 3.79. The zero-order valence-electron chi connectivity index (χ0n) is 10.5. The minimum absolute atomic E-state index is 0.191. The molecule has 0 spiro atoms. The molecule has 2 rings (SSSR count). The minimum Gasteiger partial charge on any atom is -0.374 e. The van der Waals surface area contributed by atoms with Crippen molar-refractivity contribution in [3.8, 4) is 0 Å². The van der Waals surface area contributed by atoms with Crippen LogP contribution in [-0.4, -0.2) is 20.2 Å². The zero-order chi connectivity index (χ0) is 12.3. The third-order valence-corrected chi connectivity index (χ3v) is 3.96. The average molecular weight is 237 g/mol. The Hall–Kier alpha value is -0.930. The van der Waals surface area contributed by atoms with Crippen molar-refractivity contribution in [3.05, 3.63) is 35.6 Å². The van der Waals surface area contributed by atoms with E-state index in [0.29, 0.717) is 6.04 Å². The molecule has 1 aromatic carbocycles. The van der Waals surface area contributed by atoms with Crippen LogP contribution in [-0.2, 0) is 10.3 Å². The highest BCUT2D eigenvalue weighted by molar-refractivity contribution is 5.24. The maximum absolute atomic E-state index is 12.9. The van der Waals surface area contributed by atoms with E-state index in [4.69, 9.17) is 4.74 Å². The number of halogens is 1. The summed E-state index contributed by atoms with van der Waals surface area (Å²) in [6.45, 7) is 0. The lowest BCUT2D eigenvalue weighted by atomic mass is 9.77. The van der Waals surface area contributed by atoms with Gasteiger partial charge in [-0.15, -0.1) is 0 Å². The molecule has 1 saturated carbocycles. The molecule has 0 bridgehead atoms. The standard InChI is InChI=1S/C14H20FNO/c1-16-13-7-9-14(17-2,10-8-13)11-3-5-12(15)6-4-11/h3-6,13,16H,7-10H2,1-2H3. The van der Waals surface area contributed by atoms with Gasteiger partial charge in [0.2, 0.25) is 0 Å². The highest BCUT2D eigenvalue weighted by atomic mass is 19.1. The van der Waals surface area contributed by atoms with Crippen molar-refractivity contribution in [2.24, 2.45) is 0 Å². The third-order valence-electron chi connectivity index (χ3n) is 3.96. The first-order valence-corrected chi connectivity index (χ1v) is 6.19. The first-order chi connectivity index (χ1) is 8.20. The van der Waals surface area contributed by atoms with Crippen molar-refractivity contribution in [1.29, 1.82) is 0 Å². The van der Waals surface area contributed by atoms with E-state index in [1.54, 1.807) is 7.11 Å². The molecule has 0 unspecified atom stereocenters. The summed E-state index contributed by atoms with van der Waals surface area (Å²) in [6.07, 6.45) is 4.17. The Balaban J connectivity index is 2.18. The molecule has 1 aromatic rings. The van der Waals surface area contributed by atoms with E-state index in [9.17, 15) is 4.39 Å². The number of hydrogen-bond acceptors (Lipinski definition) is 2. The summed E-state index contributed by atoms with van der Waals surface area (Å²) < 4.78 is 18.7. The van der Waals surface area contributed by atoms with Crippen molar-refractivity contribution in [2.75, 3.05) is 14.2 Å². The minimum atomic E-state index is -0.221. The summed E-state index contributed by atoms with van der Waals surface area (Å²) in [5, 5.41) is 3.31. The molecule has 0 radical (unpaired) electrons. The van der Waals surface area contributed by atoms with Crippen LogP contribution in [0.2, 0.25) is 0 Å². The monoisotopic (exact) mass is 237 g/mol. The number of ether oxygens (including phenoxy) is 1. The molecule has 94 valence electrons. The van der Waals surface area contributed by atoms with Gasteiger partial charge in [0.25, 0.3) is 0 Å². The first kappa shape index (κ1) is 12.5. The normalized spacial score (nSPS) is 29.2. The van der Waals surface area contributed by atoms with Gasteiger partial charge < -0.3 is 10.1 Å². The lowest BCUT2D eigenvalue weighted by Gasteiger charge is -2.39. The largest absolute Gasteiger partial charge is 0.374 e. The maximum atomic E-state index is 12.9. The van der Waals surface area contributed by atoms with E-state index in [1.807, 2.05) is 19.2 Å². The summed E-state index contributed by atoms with van der Waals surface area (Å²) in [4.78, 5) is 0. The zero-order valence-corrected chi connectivity index (χ0v) is 10.5. The third kappa shape index (κ3) is 2.50. The Morgan fingerprint density at radius 3 is 2.29 bits per heavy atom. The molecular formula is C14H20FNO. The molecule has 0 amide bonds. The van der Waals surface area contributed by atoms with Crippen molar-refractivity contribution < 1.29 is 9.13 Å². The Morgan fingerprint density at radius 1 is 1.24 bits per heavy atom. The van der Waals surface area contributed by atoms with Crippen LogP contribution < -0.4 is 5.32 Å². The van der Waals surface area contributed by atoms with Crippen LogP contribution in [0.3, 0.4) is 0 Å². The molecule has 1 fully saturated rings. The fourth-order valence-corrected chi connectivity index (χ4v) is 2.74. The average Bonchev–Trinajstić information content (AvgIpc) is 2.40. The van der Waals surface area contributed by atoms with E-state index in [-0.39, 0.29) is 11.4 Å². The molecule has 0 heterocycles. The fraction of sp³-hybridized carbons (Fsp3) is 0.571. The number of hydrogen-bond donors (Lipinski definition) is 1. The van der Waals surface area contributed by atoms with Crippen molar-refractivity contribution in [2.45, 2.75) is 37.3 Å². The number of benzene rings is 1. The highest BCUT2D eigenvalue weighted by Crippen LogP contribution is 2.39. The molecule has 1 aliphatic carbocycles. The van der Waals surface area contributed by atoms with Crippen LogP contribution in [0.4, 0.5) is 4.39 Å². The first-order valence-electron chi connectivity index (χ1n) is 6.19. The molecule has 17 heavy (non-hydrogen) atoms. The topological polar surface area (TPSA) is 21.3 Å². The summed E-state index contributed by atoms with van der Waals surface area (Å²) in [5.74, 6) is -0.191. The van der Waals surface area contributed by atoms with E-state index in [2.05, 4.69) is 5.32 Å². The van der Waals surface area contributed by atoms with Crippen molar-refractivity contribution >= 4 is 0 Å². The molecule has 0 aliphatic heterocycles. The van der Waals surface area contributed by atoms with Gasteiger partial charge in [0, 0.05) is 13.2 Å². The molecule has 1 aliphatic rings. The van der Waals surface area contributed by atoms with E-state index < -0.39 is 0 Å². The summed E-state index contributed by atoms with van der Waals surface area (Å²) >= 11 is 0. The summed E-state index contributed by atoms with van der Waals surface area (Å²) in [7, 11) is 3.76. The Labute approximate surface area is 102 Å². The SMILES string of the molecule is CNC1CCC(OC)(c2ccc(F)cc2)CC1. The molecule has 0 atom stereocenters. The van der Waals surface area contributed by atoms with Crippen LogP contribution in [0.15, 0.2) is 24.3 Å². The number of rotatable bonds is 3. The van der Waals surface area contributed by atoms with Gasteiger partial charge in [-0.25, -0.2) is 4.39 Å². The lowest BCUT2D eigenvalue weighted by Crippen LogP contribution is -2.39. The van der Waals surface area contributed by atoms with Gasteiger partial charge in [-0.3, -0.25) is 0 Å². The Morgan fingerprint density at radius 2 is 1.82 bits per heavy atom. The van der Waals surface area contributed by atoms with Gasteiger partial charge in [0.15, 0.2) is 0 Å². The lowest BCUT2D eigenvalue weighted by molar-refractivity contribution is -0.0496. The van der Waals surface area contributed by atoms with Crippen LogP contribution in [0.25, 0.3) is 0 Å². The molecule has 1 N–H and O–H groups in total. The number of methoxy groups -OCH3 is 1. The van der Waals surface area contributed by atoms with Gasteiger partial charge >= 0.3 is 0 Å². The van der Waals surface area contributed by atoms with Gasteiger partial charge in [0.1, 0.15) is 5.82 Å². The second kappa shape index (κ2) is 5.15. The van der Waals surface area contributed by atoms with Gasteiger partial charge in [-0.1, -0.05) is 12.1 Å². The second-order valence-electron chi connectivity index (χ2n) is 4.77. The van der Waals surface area contributed by atoms with E-state index in [0.717, 1.165) is 31.2 Å². The predicted molar refractivity (Wildman–Crippen MR) is 66.4 cm³/mol. The molecule has 3 heteroatoms.